The highest BCUT2D eigenvalue weighted by atomic mass is 16.1. The van der Waals surface area contributed by atoms with Gasteiger partial charge in [0.25, 0.3) is 0 Å². The molecule has 0 aliphatic heterocycles. The Kier molecular flexibility index (Phi) is 5.53. The van der Waals surface area contributed by atoms with Crippen molar-refractivity contribution in [2.75, 3.05) is 0 Å². The van der Waals surface area contributed by atoms with E-state index in [-0.39, 0.29) is 35.9 Å². The summed E-state index contributed by atoms with van der Waals surface area (Å²) in [4.78, 5) is 24.3. The molecule has 3 nitrogen and oxygen atoms in total. The summed E-state index contributed by atoms with van der Waals surface area (Å²) in [5, 5.41) is 0. The van der Waals surface area contributed by atoms with Gasteiger partial charge in [-0.25, -0.2) is 0 Å². The number of carbonyl (C=O) groups is 2. The van der Waals surface area contributed by atoms with E-state index in [2.05, 4.69) is 0 Å². The molecule has 4 heteroatoms. The average molecular weight is 305 g/mol. The van der Waals surface area contributed by atoms with Crippen LogP contribution in [0.3, 0.4) is 0 Å². The Labute approximate surface area is 137 Å². The zero-order valence-corrected chi connectivity index (χ0v) is 13.5. The van der Waals surface area contributed by atoms with Crippen LogP contribution in [0.15, 0.2) is 71.9 Å². The lowest BCUT2D eigenvalue weighted by Crippen LogP contribution is -2.44. The minimum absolute atomic E-state index is 0.0985. The summed E-state index contributed by atoms with van der Waals surface area (Å²) in [7, 11) is 0. The van der Waals surface area contributed by atoms with Crippen LogP contribution in [0, 0.1) is 0 Å². The number of hydrogen-bond acceptors (Lipinski definition) is 3. The summed E-state index contributed by atoms with van der Waals surface area (Å²) in [6.45, 7) is 2.87. The standard InChI is InChI=1S/C19H20BNO2/c1-14(21)19(15(2)22)18(23)13-20(16-9-5-3-6-10-16)17-11-7-4-8-12-17/h3-12H,13,21H2,1-2H3. The Morgan fingerprint density at radius 3 is 1.65 bits per heavy atom. The van der Waals surface area contributed by atoms with Crippen molar-refractivity contribution in [1.29, 1.82) is 0 Å². The molecule has 0 unspecified atom stereocenters. The summed E-state index contributed by atoms with van der Waals surface area (Å²) in [5.74, 6) is -0.495. The highest BCUT2D eigenvalue weighted by Gasteiger charge is 2.26. The maximum absolute atomic E-state index is 12.6. The molecule has 0 aliphatic rings. The summed E-state index contributed by atoms with van der Waals surface area (Å²) in [6.07, 6.45) is 0.220. The number of carbonyl (C=O) groups excluding carboxylic acids is 2. The van der Waals surface area contributed by atoms with E-state index in [1.165, 1.54) is 6.92 Å². The van der Waals surface area contributed by atoms with Crippen molar-refractivity contribution in [3.63, 3.8) is 0 Å². The van der Waals surface area contributed by atoms with Crippen LogP contribution in [0.4, 0.5) is 0 Å². The molecule has 2 rings (SSSR count). The maximum atomic E-state index is 12.6. The quantitative estimate of drug-likeness (QED) is 0.382. The number of rotatable bonds is 6. The van der Waals surface area contributed by atoms with Gasteiger partial charge in [0.15, 0.2) is 11.6 Å². The van der Waals surface area contributed by atoms with Crippen LogP contribution in [0.1, 0.15) is 13.8 Å². The van der Waals surface area contributed by atoms with Crippen molar-refractivity contribution in [3.8, 4) is 0 Å². The lowest BCUT2D eigenvalue weighted by molar-refractivity contribution is -0.119. The molecule has 2 aromatic rings. The van der Waals surface area contributed by atoms with Crippen molar-refractivity contribution in [3.05, 3.63) is 71.9 Å². The molecule has 0 aromatic heterocycles. The van der Waals surface area contributed by atoms with Crippen molar-refractivity contribution < 1.29 is 9.59 Å². The lowest BCUT2D eigenvalue weighted by Gasteiger charge is -2.15. The minimum atomic E-state index is -0.283. The second-order valence-electron chi connectivity index (χ2n) is 5.62. The van der Waals surface area contributed by atoms with E-state index >= 15 is 0 Å². The molecule has 0 atom stereocenters. The van der Waals surface area contributed by atoms with Crippen molar-refractivity contribution >= 4 is 29.2 Å². The Morgan fingerprint density at radius 2 is 1.30 bits per heavy atom. The van der Waals surface area contributed by atoms with Gasteiger partial charge in [-0.3, -0.25) is 9.59 Å². The van der Waals surface area contributed by atoms with Gasteiger partial charge in [-0.1, -0.05) is 71.6 Å². The van der Waals surface area contributed by atoms with Gasteiger partial charge in [-0.15, -0.1) is 0 Å². The van der Waals surface area contributed by atoms with Gasteiger partial charge >= 0.3 is 0 Å². The van der Waals surface area contributed by atoms with Crippen molar-refractivity contribution in [2.45, 2.75) is 20.2 Å². The van der Waals surface area contributed by atoms with E-state index < -0.39 is 0 Å². The first-order valence-electron chi connectivity index (χ1n) is 7.61. The molecule has 0 amide bonds. The highest BCUT2D eigenvalue weighted by molar-refractivity contribution is 6.87. The number of benzene rings is 2. The van der Waals surface area contributed by atoms with Crippen LogP contribution in [0.2, 0.25) is 6.32 Å². The second-order valence-corrected chi connectivity index (χ2v) is 5.62. The first-order chi connectivity index (χ1) is 11.0. The predicted octanol–water partition coefficient (Wildman–Crippen LogP) is 1.69. The number of allylic oxidation sites excluding steroid dienone is 2. The highest BCUT2D eigenvalue weighted by Crippen LogP contribution is 2.09. The zero-order valence-electron chi connectivity index (χ0n) is 13.5. The van der Waals surface area contributed by atoms with Crippen molar-refractivity contribution in [1.82, 2.24) is 0 Å². The summed E-state index contributed by atoms with van der Waals surface area (Å²) in [5.41, 5.74) is 8.21. The number of Topliss-reactive ketones (excluding diaryl/α,β-unsaturated/α-hetero) is 2. The molecule has 0 radical (unpaired) electrons. The Balaban J connectivity index is 2.39. The topological polar surface area (TPSA) is 60.2 Å². The fraction of sp³-hybridized carbons (Fsp3) is 0.158. The monoisotopic (exact) mass is 305 g/mol. The summed E-state index contributed by atoms with van der Waals surface area (Å²) >= 11 is 0. The molecule has 0 fully saturated rings. The normalized spacial score (nSPS) is 11.6. The SMILES string of the molecule is CC(=O)C(C(=O)CB(c1ccccc1)c1ccccc1)=C(C)N. The van der Waals surface area contributed by atoms with Gasteiger partial charge in [0.05, 0.1) is 5.57 Å². The summed E-state index contributed by atoms with van der Waals surface area (Å²) < 4.78 is 0. The molecule has 23 heavy (non-hydrogen) atoms. The van der Waals surface area contributed by atoms with E-state index in [1.807, 2.05) is 60.7 Å². The van der Waals surface area contributed by atoms with E-state index in [4.69, 9.17) is 5.73 Å². The van der Waals surface area contributed by atoms with E-state index in [1.54, 1.807) is 6.92 Å². The Hall–Kier alpha value is -2.62. The number of hydrogen-bond donors (Lipinski definition) is 1. The summed E-state index contributed by atoms with van der Waals surface area (Å²) in [6, 6.07) is 19.7. The van der Waals surface area contributed by atoms with Crippen molar-refractivity contribution in [2.24, 2.45) is 5.73 Å². The fourth-order valence-corrected chi connectivity index (χ4v) is 2.78. The molecule has 0 aliphatic carbocycles. The molecule has 116 valence electrons. The van der Waals surface area contributed by atoms with Crippen LogP contribution in [-0.4, -0.2) is 18.3 Å². The molecule has 0 saturated heterocycles. The minimum Gasteiger partial charge on any atom is -0.402 e. The Bertz CT molecular complexity index is 680. The number of ketones is 2. The van der Waals surface area contributed by atoms with Crippen LogP contribution in [0.5, 0.6) is 0 Å². The first kappa shape index (κ1) is 16.8. The van der Waals surface area contributed by atoms with Gasteiger partial charge in [-0.05, 0) is 20.2 Å². The maximum Gasteiger partial charge on any atom is 0.216 e. The smallest absolute Gasteiger partial charge is 0.216 e. The molecule has 2 N–H and O–H groups in total. The zero-order chi connectivity index (χ0) is 16.8. The largest absolute Gasteiger partial charge is 0.402 e. The molecular weight excluding hydrogens is 285 g/mol. The van der Waals surface area contributed by atoms with Crippen LogP contribution < -0.4 is 16.7 Å². The number of nitrogens with two attached hydrogens (primary N) is 1. The average Bonchev–Trinajstić information content (AvgIpc) is 2.53. The molecular formula is C19H20BNO2. The second kappa shape index (κ2) is 7.59. The van der Waals surface area contributed by atoms with Gasteiger partial charge in [0.1, 0.15) is 0 Å². The Morgan fingerprint density at radius 1 is 0.870 bits per heavy atom. The lowest BCUT2D eigenvalue weighted by atomic mass is 9.38. The van der Waals surface area contributed by atoms with E-state index in [9.17, 15) is 9.59 Å². The van der Waals surface area contributed by atoms with E-state index in [0.29, 0.717) is 0 Å². The predicted molar refractivity (Wildman–Crippen MR) is 95.3 cm³/mol. The fourth-order valence-electron chi connectivity index (χ4n) is 2.78. The van der Waals surface area contributed by atoms with Crippen LogP contribution >= 0.6 is 0 Å². The molecule has 2 aromatic carbocycles. The first-order valence-corrected chi connectivity index (χ1v) is 7.61. The van der Waals surface area contributed by atoms with E-state index in [0.717, 1.165) is 10.9 Å². The van der Waals surface area contributed by atoms with Crippen LogP contribution in [-0.2, 0) is 9.59 Å². The third-order valence-corrected chi connectivity index (χ3v) is 3.82. The molecule has 0 bridgehead atoms. The van der Waals surface area contributed by atoms with Crippen LogP contribution in [0.25, 0.3) is 0 Å². The third kappa shape index (κ3) is 4.19. The molecule has 0 spiro atoms. The van der Waals surface area contributed by atoms with Gasteiger partial charge in [-0.2, -0.15) is 0 Å². The third-order valence-electron chi connectivity index (χ3n) is 3.82. The van der Waals surface area contributed by atoms with Gasteiger partial charge in [0, 0.05) is 5.70 Å². The van der Waals surface area contributed by atoms with Gasteiger partial charge in [0.2, 0.25) is 6.71 Å². The van der Waals surface area contributed by atoms with Gasteiger partial charge < -0.3 is 5.73 Å². The molecule has 0 heterocycles. The molecule has 0 saturated carbocycles.